The maximum atomic E-state index is 12.7. The number of carbonyl (C=O) groups excluding carboxylic acids is 1. The average molecular weight is 355 g/mol. The van der Waals surface area contributed by atoms with Crippen molar-refractivity contribution in [1.82, 2.24) is 14.9 Å². The summed E-state index contributed by atoms with van der Waals surface area (Å²) in [6, 6.07) is 9.34. The van der Waals surface area contributed by atoms with Crippen LogP contribution >= 0.6 is 0 Å². The number of aromatic amines is 1. The smallest absolute Gasteiger partial charge is 0.253 e. The van der Waals surface area contributed by atoms with Gasteiger partial charge in [-0.2, -0.15) is 0 Å². The predicted molar refractivity (Wildman–Crippen MR) is 103 cm³/mol. The lowest BCUT2D eigenvalue weighted by atomic mass is 10.0. The third-order valence-electron chi connectivity index (χ3n) is 4.62. The van der Waals surface area contributed by atoms with E-state index in [9.17, 15) is 9.59 Å². The van der Waals surface area contributed by atoms with Gasteiger partial charge in [0.05, 0.1) is 0 Å². The van der Waals surface area contributed by atoms with Crippen LogP contribution in [0.3, 0.4) is 0 Å². The Morgan fingerprint density at radius 1 is 1.23 bits per heavy atom. The van der Waals surface area contributed by atoms with Crippen LogP contribution in [0, 0.1) is 6.92 Å². The van der Waals surface area contributed by atoms with Crippen LogP contribution in [0.1, 0.15) is 28.9 Å². The molecule has 0 unspecified atom stereocenters. The summed E-state index contributed by atoms with van der Waals surface area (Å²) in [5.74, 6) is 0.565. The quantitative estimate of drug-likeness (QED) is 0.875. The van der Waals surface area contributed by atoms with Gasteiger partial charge in [0.25, 0.3) is 11.5 Å². The molecular formula is C19H25N5O2. The Bertz CT molecular complexity index is 821. The van der Waals surface area contributed by atoms with Crippen molar-refractivity contribution in [1.29, 1.82) is 0 Å². The molecule has 0 bridgehead atoms. The molecule has 1 fully saturated rings. The van der Waals surface area contributed by atoms with Crippen molar-refractivity contribution < 1.29 is 4.79 Å². The summed E-state index contributed by atoms with van der Waals surface area (Å²) in [4.78, 5) is 35.1. The molecule has 26 heavy (non-hydrogen) atoms. The number of amides is 1. The largest absolute Gasteiger partial charge is 0.378 e. The van der Waals surface area contributed by atoms with Crippen LogP contribution in [-0.2, 0) is 0 Å². The fraction of sp³-hybridized carbons (Fsp3) is 0.421. The third kappa shape index (κ3) is 4.22. The highest BCUT2D eigenvalue weighted by atomic mass is 16.2. The standard InChI is InChI=1S/C19H25N5O2/c1-13-12-17(25)22-19(20-13)21-15-8-10-24(11-9-15)18(26)14-4-6-16(7-5-14)23(2)3/h4-7,12,15H,8-11H2,1-3H3,(H2,20,21,22,25). The SMILES string of the molecule is Cc1cc(=O)[nH]c(NC2CCN(C(=O)c3ccc(N(C)C)cc3)CC2)n1. The Balaban J connectivity index is 1.57. The molecule has 7 nitrogen and oxygen atoms in total. The lowest BCUT2D eigenvalue weighted by molar-refractivity contribution is 0.0718. The maximum absolute atomic E-state index is 12.7. The highest BCUT2D eigenvalue weighted by Gasteiger charge is 2.24. The van der Waals surface area contributed by atoms with Gasteiger partial charge in [0.15, 0.2) is 0 Å². The normalized spacial score (nSPS) is 15.0. The van der Waals surface area contributed by atoms with Gasteiger partial charge in [-0.15, -0.1) is 0 Å². The Labute approximate surface area is 153 Å². The number of piperidine rings is 1. The fourth-order valence-electron chi connectivity index (χ4n) is 3.15. The number of carbonyl (C=O) groups is 1. The van der Waals surface area contributed by atoms with Gasteiger partial charge in [0.1, 0.15) is 0 Å². The zero-order chi connectivity index (χ0) is 18.7. The molecule has 1 aliphatic heterocycles. The van der Waals surface area contributed by atoms with Crippen molar-refractivity contribution in [2.24, 2.45) is 0 Å². The number of benzene rings is 1. The number of likely N-dealkylation sites (tertiary alicyclic amines) is 1. The molecule has 0 spiro atoms. The van der Waals surface area contributed by atoms with Gasteiger partial charge < -0.3 is 15.1 Å². The molecule has 2 heterocycles. The minimum absolute atomic E-state index is 0.0656. The van der Waals surface area contributed by atoms with E-state index in [1.54, 1.807) is 6.92 Å². The molecule has 1 aromatic heterocycles. The van der Waals surface area contributed by atoms with Crippen LogP contribution < -0.4 is 15.8 Å². The second kappa shape index (κ2) is 7.59. The van der Waals surface area contributed by atoms with E-state index >= 15 is 0 Å². The number of anilines is 2. The van der Waals surface area contributed by atoms with E-state index in [0.717, 1.165) is 18.5 Å². The number of rotatable bonds is 4. The monoisotopic (exact) mass is 355 g/mol. The maximum Gasteiger partial charge on any atom is 0.253 e. The van der Waals surface area contributed by atoms with Gasteiger partial charge in [-0.25, -0.2) is 4.98 Å². The lowest BCUT2D eigenvalue weighted by Crippen LogP contribution is -2.42. The van der Waals surface area contributed by atoms with Gasteiger partial charge in [-0.3, -0.25) is 14.6 Å². The lowest BCUT2D eigenvalue weighted by Gasteiger charge is -2.32. The minimum atomic E-state index is -0.159. The molecule has 1 saturated heterocycles. The third-order valence-corrected chi connectivity index (χ3v) is 4.62. The van der Waals surface area contributed by atoms with Gasteiger partial charge in [0.2, 0.25) is 5.95 Å². The number of hydrogen-bond acceptors (Lipinski definition) is 5. The van der Waals surface area contributed by atoms with E-state index in [-0.39, 0.29) is 17.5 Å². The highest BCUT2D eigenvalue weighted by Crippen LogP contribution is 2.18. The van der Waals surface area contributed by atoms with Crippen molar-refractivity contribution in [3.8, 4) is 0 Å². The molecule has 0 atom stereocenters. The number of aryl methyl sites for hydroxylation is 1. The molecule has 1 aromatic carbocycles. The number of nitrogens with zero attached hydrogens (tertiary/aromatic N) is 3. The first-order chi connectivity index (χ1) is 12.4. The zero-order valence-corrected chi connectivity index (χ0v) is 15.5. The summed E-state index contributed by atoms with van der Waals surface area (Å²) in [5, 5.41) is 3.27. The van der Waals surface area contributed by atoms with Gasteiger partial charge >= 0.3 is 0 Å². The number of hydrogen-bond donors (Lipinski definition) is 2. The molecule has 1 amide bonds. The Morgan fingerprint density at radius 2 is 1.88 bits per heavy atom. The van der Waals surface area contributed by atoms with Crippen LogP contribution in [0.15, 0.2) is 35.1 Å². The van der Waals surface area contributed by atoms with Gasteiger partial charge in [-0.05, 0) is 44.0 Å². The van der Waals surface area contributed by atoms with E-state index < -0.39 is 0 Å². The highest BCUT2D eigenvalue weighted by molar-refractivity contribution is 5.94. The van der Waals surface area contributed by atoms with Crippen LogP contribution in [0.2, 0.25) is 0 Å². The van der Waals surface area contributed by atoms with E-state index in [1.807, 2.05) is 48.2 Å². The number of nitrogens with one attached hydrogen (secondary N) is 2. The first kappa shape index (κ1) is 18.0. The molecule has 2 aromatic rings. The Hall–Kier alpha value is -2.83. The van der Waals surface area contributed by atoms with Crippen molar-refractivity contribution in [2.75, 3.05) is 37.4 Å². The zero-order valence-electron chi connectivity index (χ0n) is 15.5. The van der Waals surface area contributed by atoms with Crippen LogP contribution in [0.25, 0.3) is 0 Å². The molecule has 1 aliphatic rings. The summed E-state index contributed by atoms with van der Waals surface area (Å²) >= 11 is 0. The molecule has 0 aliphatic carbocycles. The molecule has 0 saturated carbocycles. The van der Waals surface area contributed by atoms with Gasteiger partial charge in [-0.1, -0.05) is 0 Å². The molecular weight excluding hydrogens is 330 g/mol. The molecule has 138 valence electrons. The summed E-state index contributed by atoms with van der Waals surface area (Å²) in [6.07, 6.45) is 1.64. The fourth-order valence-corrected chi connectivity index (χ4v) is 3.15. The summed E-state index contributed by atoms with van der Waals surface area (Å²) in [7, 11) is 3.95. The van der Waals surface area contributed by atoms with E-state index in [2.05, 4.69) is 15.3 Å². The average Bonchev–Trinajstić information content (AvgIpc) is 2.61. The number of aromatic nitrogens is 2. The predicted octanol–water partition coefficient (Wildman–Crippen LogP) is 1.86. The van der Waals surface area contributed by atoms with Crippen molar-refractivity contribution in [3.63, 3.8) is 0 Å². The Kier molecular flexibility index (Phi) is 5.25. The summed E-state index contributed by atoms with van der Waals surface area (Å²) < 4.78 is 0. The van der Waals surface area contributed by atoms with Crippen LogP contribution in [0.4, 0.5) is 11.6 Å². The summed E-state index contributed by atoms with van der Waals surface area (Å²) in [5.41, 5.74) is 2.31. The first-order valence-corrected chi connectivity index (χ1v) is 8.83. The van der Waals surface area contributed by atoms with Crippen molar-refractivity contribution in [2.45, 2.75) is 25.8 Å². The molecule has 2 N–H and O–H groups in total. The molecule has 0 radical (unpaired) electrons. The first-order valence-electron chi connectivity index (χ1n) is 8.83. The van der Waals surface area contributed by atoms with E-state index in [1.165, 1.54) is 6.07 Å². The molecule has 7 heteroatoms. The van der Waals surface area contributed by atoms with Crippen molar-refractivity contribution >= 4 is 17.5 Å². The Morgan fingerprint density at radius 3 is 2.46 bits per heavy atom. The number of H-pyrrole nitrogens is 1. The molecule has 3 rings (SSSR count). The van der Waals surface area contributed by atoms with E-state index in [4.69, 9.17) is 0 Å². The summed E-state index contributed by atoms with van der Waals surface area (Å²) in [6.45, 7) is 3.16. The van der Waals surface area contributed by atoms with Gasteiger partial charge in [0, 0.05) is 56.2 Å². The van der Waals surface area contributed by atoms with Crippen molar-refractivity contribution in [3.05, 3.63) is 51.9 Å². The second-order valence-corrected chi connectivity index (χ2v) is 6.89. The topological polar surface area (TPSA) is 81.3 Å². The minimum Gasteiger partial charge on any atom is -0.378 e. The van der Waals surface area contributed by atoms with E-state index in [0.29, 0.717) is 30.3 Å². The van der Waals surface area contributed by atoms with Crippen LogP contribution in [-0.4, -0.2) is 54.0 Å². The van der Waals surface area contributed by atoms with Crippen LogP contribution in [0.5, 0.6) is 0 Å². The second-order valence-electron chi connectivity index (χ2n) is 6.89.